The van der Waals surface area contributed by atoms with Gasteiger partial charge in [0.2, 0.25) is 23.7 Å². The van der Waals surface area contributed by atoms with Gasteiger partial charge in [-0.25, -0.2) is 0 Å². The number of pyridine rings is 1. The van der Waals surface area contributed by atoms with Gasteiger partial charge in [0.15, 0.2) is 17.2 Å². The number of amides is 2. The molecule has 4 aliphatic rings. The van der Waals surface area contributed by atoms with Crippen molar-refractivity contribution < 1.29 is 19.2 Å². The third kappa shape index (κ3) is 11.6. The molecule has 3 aromatic heterocycles. The highest BCUT2D eigenvalue weighted by atomic mass is 16.2. The van der Waals surface area contributed by atoms with Gasteiger partial charge in [-0.2, -0.15) is 19.6 Å². The van der Waals surface area contributed by atoms with E-state index in [1.54, 1.807) is 12.1 Å². The molecule has 7 heterocycles. The van der Waals surface area contributed by atoms with Crippen LogP contribution in [0, 0.1) is 17.8 Å². The van der Waals surface area contributed by atoms with Gasteiger partial charge < -0.3 is 31.1 Å². The monoisotopic (exact) mass is 985 g/mol. The number of carbonyl (C=O) groups is 4. The number of nitrogens with zero attached hydrogens (tertiary/aromatic N) is 7. The van der Waals surface area contributed by atoms with Crippen LogP contribution < -0.4 is 31.5 Å². The first-order valence-corrected chi connectivity index (χ1v) is 26.4. The Balaban J connectivity index is 0.716. The molecule has 0 saturated carbocycles. The fourth-order valence-electron chi connectivity index (χ4n) is 11.0. The van der Waals surface area contributed by atoms with Crippen LogP contribution in [0.5, 0.6) is 0 Å². The third-order valence-electron chi connectivity index (χ3n) is 15.3. The summed E-state index contributed by atoms with van der Waals surface area (Å²) in [5.74, 6) is 0.985. The SMILES string of the molecule is CC(=O)c1ccc(N2CCC(CN3CCC(CNc4ccc5c(-c6ccccc6CNc6nc(N[C@@H]7CCCNC7)nc7c(C(C)C)cnn67)nccc5c4)CC3)CC2)cc1C(=O)/C=C/C1CCC(=O)NC1=O. The molecule has 4 fully saturated rings. The Morgan fingerprint density at radius 1 is 0.877 bits per heavy atom. The van der Waals surface area contributed by atoms with Gasteiger partial charge in [-0.1, -0.05) is 50.3 Å². The minimum absolute atomic E-state index is 0.182. The molecule has 4 aliphatic heterocycles. The minimum atomic E-state index is -0.546. The second kappa shape index (κ2) is 22.4. The van der Waals surface area contributed by atoms with Gasteiger partial charge >= 0.3 is 0 Å². The molecule has 2 amide bonds. The number of Topliss-reactive ketones (excluding diaryl/α,β-unsaturated/α-hetero) is 1. The smallest absolute Gasteiger partial charge is 0.233 e. The highest BCUT2D eigenvalue weighted by Crippen LogP contribution is 2.33. The van der Waals surface area contributed by atoms with Gasteiger partial charge in [0.25, 0.3) is 0 Å². The number of likely N-dealkylation sites (tertiary alicyclic amines) is 1. The number of allylic oxidation sites excluding steroid dienone is 1. The van der Waals surface area contributed by atoms with E-state index in [4.69, 9.17) is 20.1 Å². The van der Waals surface area contributed by atoms with Crippen molar-refractivity contribution >= 4 is 63.1 Å². The molecule has 380 valence electrons. The number of ketones is 2. The van der Waals surface area contributed by atoms with Crippen LogP contribution in [0.4, 0.5) is 23.3 Å². The fourth-order valence-corrected chi connectivity index (χ4v) is 11.0. The number of fused-ring (bicyclic) bond motifs is 2. The minimum Gasteiger partial charge on any atom is -0.385 e. The average molecular weight is 985 g/mol. The Morgan fingerprint density at radius 3 is 2.48 bits per heavy atom. The zero-order chi connectivity index (χ0) is 50.4. The first kappa shape index (κ1) is 49.5. The van der Waals surface area contributed by atoms with E-state index < -0.39 is 11.8 Å². The summed E-state index contributed by atoms with van der Waals surface area (Å²) in [6.45, 7) is 14.2. The van der Waals surface area contributed by atoms with E-state index in [-0.39, 0.29) is 35.9 Å². The third-order valence-corrected chi connectivity index (χ3v) is 15.3. The molecule has 73 heavy (non-hydrogen) atoms. The van der Waals surface area contributed by atoms with Crippen molar-refractivity contribution in [2.45, 2.75) is 90.6 Å². The molecule has 2 atom stereocenters. The van der Waals surface area contributed by atoms with E-state index in [1.165, 1.54) is 13.0 Å². The number of aromatic nitrogens is 5. The van der Waals surface area contributed by atoms with Crippen molar-refractivity contribution in [3.63, 3.8) is 0 Å². The van der Waals surface area contributed by atoms with Gasteiger partial charge in [0, 0.05) is 96.9 Å². The summed E-state index contributed by atoms with van der Waals surface area (Å²) < 4.78 is 1.82. The molecular formula is C57H68N12O4. The van der Waals surface area contributed by atoms with E-state index in [2.05, 4.69) is 98.8 Å². The van der Waals surface area contributed by atoms with Crippen LogP contribution in [-0.2, 0) is 16.1 Å². The van der Waals surface area contributed by atoms with Crippen molar-refractivity contribution in [1.29, 1.82) is 0 Å². The normalized spacial score (nSPS) is 19.5. The van der Waals surface area contributed by atoms with Crippen LogP contribution >= 0.6 is 0 Å². The maximum atomic E-state index is 13.4. The number of imide groups is 1. The molecular weight excluding hydrogens is 917 g/mol. The molecule has 5 N–H and O–H groups in total. The van der Waals surface area contributed by atoms with Gasteiger partial charge in [-0.3, -0.25) is 29.5 Å². The summed E-state index contributed by atoms with van der Waals surface area (Å²) in [5, 5.41) is 23.8. The summed E-state index contributed by atoms with van der Waals surface area (Å²) >= 11 is 0. The lowest BCUT2D eigenvalue weighted by atomic mass is 9.92. The molecule has 16 nitrogen and oxygen atoms in total. The lowest BCUT2D eigenvalue weighted by Gasteiger charge is -2.38. The second-order valence-electron chi connectivity index (χ2n) is 20.8. The maximum absolute atomic E-state index is 13.4. The molecule has 4 saturated heterocycles. The van der Waals surface area contributed by atoms with Crippen molar-refractivity contribution in [1.82, 2.24) is 40.1 Å². The topological polar surface area (TPSA) is 191 Å². The van der Waals surface area contributed by atoms with Crippen LogP contribution in [0.15, 0.2) is 91.3 Å². The van der Waals surface area contributed by atoms with Crippen molar-refractivity contribution in [3.8, 4) is 11.3 Å². The van der Waals surface area contributed by atoms with Crippen LogP contribution in [0.1, 0.15) is 110 Å². The number of rotatable bonds is 17. The number of carbonyl (C=O) groups excluding carboxylic acids is 4. The van der Waals surface area contributed by atoms with Crippen molar-refractivity contribution in [2.75, 3.05) is 73.2 Å². The standard InChI is InChI=1S/C57H68N12O4/c1-36(2)50-34-62-69-54(50)65-56(63-44-8-6-23-58-33-44)66-57(69)61-32-42-7-4-5-9-47(42)53-48-14-12-43(29-41(48)18-24-59-53)60-31-38-19-25-67(26-20-38)35-39-21-27-68(28-22-39)45-13-15-46(37(3)70)49(30-45)51(71)16-10-40-11-17-52(72)64-55(40)73/h4-5,7,9-10,12-16,18,24,29-30,34,36,38-40,44,58,60H,6,8,11,17,19-23,25-28,31-33,35H2,1-3H3,(H,64,72,73)(H2,61,63,65,66)/b16-10+/t40?,44-/m1/s1. The van der Waals surface area contributed by atoms with Crippen LogP contribution in [0.3, 0.4) is 0 Å². The molecule has 1 unspecified atom stereocenters. The highest BCUT2D eigenvalue weighted by Gasteiger charge is 2.28. The molecule has 10 rings (SSSR count). The quantitative estimate of drug-likeness (QED) is 0.0333. The predicted molar refractivity (Wildman–Crippen MR) is 287 cm³/mol. The Kier molecular flexibility index (Phi) is 15.2. The number of benzene rings is 3. The Labute approximate surface area is 427 Å². The van der Waals surface area contributed by atoms with Crippen molar-refractivity contribution in [3.05, 3.63) is 114 Å². The summed E-state index contributed by atoms with van der Waals surface area (Å²) in [6, 6.07) is 23.0. The molecule has 0 bridgehead atoms. The summed E-state index contributed by atoms with van der Waals surface area (Å²) in [5.41, 5.74) is 7.78. The first-order chi connectivity index (χ1) is 35.5. The molecule has 6 aromatic rings. The fraction of sp³-hybridized carbons (Fsp3) is 0.439. The van der Waals surface area contributed by atoms with Crippen LogP contribution in [0.25, 0.3) is 27.7 Å². The number of nitrogens with one attached hydrogen (secondary N) is 5. The van der Waals surface area contributed by atoms with Gasteiger partial charge in [0.1, 0.15) is 0 Å². The predicted octanol–water partition coefficient (Wildman–Crippen LogP) is 8.27. The van der Waals surface area contributed by atoms with Crippen molar-refractivity contribution in [2.24, 2.45) is 17.8 Å². The van der Waals surface area contributed by atoms with E-state index in [0.29, 0.717) is 47.8 Å². The van der Waals surface area contributed by atoms with Gasteiger partial charge in [-0.05, 0) is 143 Å². The van der Waals surface area contributed by atoms with Crippen LogP contribution in [-0.4, -0.2) is 111 Å². The molecule has 0 aliphatic carbocycles. The summed E-state index contributed by atoms with van der Waals surface area (Å²) in [4.78, 5) is 69.5. The Bertz CT molecular complexity index is 3020. The van der Waals surface area contributed by atoms with Crippen LogP contribution in [0.2, 0.25) is 0 Å². The lowest BCUT2D eigenvalue weighted by Crippen LogP contribution is -2.42. The number of hydrogen-bond acceptors (Lipinski definition) is 14. The highest BCUT2D eigenvalue weighted by molar-refractivity contribution is 6.13. The van der Waals surface area contributed by atoms with E-state index in [0.717, 1.165) is 141 Å². The van der Waals surface area contributed by atoms with Gasteiger partial charge in [0.05, 0.1) is 17.8 Å². The lowest BCUT2D eigenvalue weighted by molar-refractivity contribution is -0.135. The largest absolute Gasteiger partial charge is 0.385 e. The zero-order valence-corrected chi connectivity index (χ0v) is 42.3. The van der Waals surface area contributed by atoms with Gasteiger partial charge in [-0.15, -0.1) is 0 Å². The average Bonchev–Trinajstić information content (AvgIpc) is 3.84. The van der Waals surface area contributed by atoms with E-state index in [9.17, 15) is 19.2 Å². The molecule has 0 radical (unpaired) electrons. The number of piperidine rings is 4. The number of anilines is 4. The zero-order valence-electron chi connectivity index (χ0n) is 42.3. The molecule has 0 spiro atoms. The number of hydrogen-bond donors (Lipinski definition) is 5. The molecule has 16 heteroatoms. The Hall–Kier alpha value is -7.04. The summed E-state index contributed by atoms with van der Waals surface area (Å²) in [7, 11) is 0. The maximum Gasteiger partial charge on any atom is 0.233 e. The van der Waals surface area contributed by atoms with E-state index >= 15 is 0 Å². The first-order valence-electron chi connectivity index (χ1n) is 26.4. The second-order valence-corrected chi connectivity index (χ2v) is 20.8. The Morgan fingerprint density at radius 2 is 1.70 bits per heavy atom. The van der Waals surface area contributed by atoms with E-state index in [1.807, 2.05) is 29.0 Å². The summed E-state index contributed by atoms with van der Waals surface area (Å²) in [6.07, 6.45) is 14.0. The molecule has 3 aromatic carbocycles.